The number of hydrogen-bond acceptors (Lipinski definition) is 4. The number of hydrogen-bond donors (Lipinski definition) is 1. The van der Waals surface area contributed by atoms with Crippen LogP contribution in [-0.2, 0) is 14.3 Å². The molecule has 1 N–H and O–H groups in total. The maximum Gasteiger partial charge on any atom is 0.317 e. The molecule has 0 radical (unpaired) electrons. The Hall–Kier alpha value is -1.10. The standard InChI is InChI=1S/C8H13NO4/c1-13-8(12)2-6-3-9(4-6)5-7(10)11/h6H,2-5H2,1H3,(H,10,11). The first-order valence-electron chi connectivity index (χ1n) is 4.12. The predicted octanol–water partition coefficient (Wildman–Crippen LogP) is -0.434. The Balaban J connectivity index is 2.11. The zero-order chi connectivity index (χ0) is 9.84. The lowest BCUT2D eigenvalue weighted by molar-refractivity contribution is -0.144. The zero-order valence-electron chi connectivity index (χ0n) is 7.52. The minimum absolute atomic E-state index is 0.0671. The van der Waals surface area contributed by atoms with Crippen molar-refractivity contribution in [1.29, 1.82) is 0 Å². The molecule has 0 aromatic heterocycles. The number of carbonyl (C=O) groups excluding carboxylic acids is 1. The van der Waals surface area contributed by atoms with E-state index in [4.69, 9.17) is 5.11 Å². The summed E-state index contributed by atoms with van der Waals surface area (Å²) in [5.41, 5.74) is 0. The van der Waals surface area contributed by atoms with Gasteiger partial charge in [0, 0.05) is 13.1 Å². The number of nitrogens with zero attached hydrogens (tertiary/aromatic N) is 1. The Morgan fingerprint density at radius 3 is 2.62 bits per heavy atom. The first-order valence-corrected chi connectivity index (χ1v) is 4.12. The minimum atomic E-state index is -0.823. The van der Waals surface area contributed by atoms with Gasteiger partial charge in [0.2, 0.25) is 0 Å². The highest BCUT2D eigenvalue weighted by molar-refractivity contribution is 5.70. The Morgan fingerprint density at radius 1 is 1.54 bits per heavy atom. The molecule has 0 aromatic rings. The van der Waals surface area contributed by atoms with Crippen LogP contribution in [0.2, 0.25) is 0 Å². The van der Waals surface area contributed by atoms with Crippen LogP contribution in [0.5, 0.6) is 0 Å². The molecule has 1 rings (SSSR count). The van der Waals surface area contributed by atoms with Crippen LogP contribution < -0.4 is 0 Å². The van der Waals surface area contributed by atoms with Gasteiger partial charge in [-0.25, -0.2) is 0 Å². The van der Waals surface area contributed by atoms with Crippen molar-refractivity contribution >= 4 is 11.9 Å². The molecule has 0 aromatic carbocycles. The molecule has 74 valence electrons. The number of carboxylic acid groups (broad SMARTS) is 1. The van der Waals surface area contributed by atoms with Crippen molar-refractivity contribution < 1.29 is 19.4 Å². The third-order valence-corrected chi connectivity index (χ3v) is 2.07. The second-order valence-electron chi connectivity index (χ2n) is 3.23. The largest absolute Gasteiger partial charge is 0.480 e. The number of likely N-dealkylation sites (tertiary alicyclic amines) is 1. The van der Waals surface area contributed by atoms with Gasteiger partial charge in [-0.3, -0.25) is 14.5 Å². The molecule has 1 aliphatic rings. The van der Waals surface area contributed by atoms with Crippen molar-refractivity contribution in [1.82, 2.24) is 4.90 Å². The van der Waals surface area contributed by atoms with Gasteiger partial charge in [-0.2, -0.15) is 0 Å². The lowest BCUT2D eigenvalue weighted by Gasteiger charge is -2.37. The maximum atomic E-state index is 10.8. The molecule has 1 saturated heterocycles. The van der Waals surface area contributed by atoms with Gasteiger partial charge in [0.15, 0.2) is 0 Å². The summed E-state index contributed by atoms with van der Waals surface area (Å²) in [7, 11) is 1.36. The normalized spacial score (nSPS) is 17.9. The topological polar surface area (TPSA) is 66.8 Å². The molecule has 5 heteroatoms. The Kier molecular flexibility index (Phi) is 3.25. The fourth-order valence-electron chi connectivity index (χ4n) is 1.45. The second-order valence-corrected chi connectivity index (χ2v) is 3.23. The van der Waals surface area contributed by atoms with E-state index >= 15 is 0 Å². The second kappa shape index (κ2) is 4.23. The van der Waals surface area contributed by atoms with E-state index in [1.165, 1.54) is 7.11 Å². The average molecular weight is 187 g/mol. The molecule has 0 saturated carbocycles. The quantitative estimate of drug-likeness (QED) is 0.605. The highest BCUT2D eigenvalue weighted by Crippen LogP contribution is 2.18. The molecule has 0 bridgehead atoms. The smallest absolute Gasteiger partial charge is 0.317 e. The van der Waals surface area contributed by atoms with E-state index in [1.54, 1.807) is 4.90 Å². The highest BCUT2D eigenvalue weighted by Gasteiger charge is 2.29. The van der Waals surface area contributed by atoms with E-state index in [0.29, 0.717) is 19.5 Å². The summed E-state index contributed by atoms with van der Waals surface area (Å²) >= 11 is 0. The number of rotatable bonds is 4. The van der Waals surface area contributed by atoms with Gasteiger partial charge in [0.25, 0.3) is 0 Å². The van der Waals surface area contributed by atoms with Gasteiger partial charge in [-0.1, -0.05) is 0 Å². The van der Waals surface area contributed by atoms with Gasteiger partial charge < -0.3 is 9.84 Å². The van der Waals surface area contributed by atoms with Gasteiger partial charge in [-0.05, 0) is 5.92 Å². The number of carbonyl (C=O) groups is 2. The molecule has 0 atom stereocenters. The van der Waals surface area contributed by atoms with Crippen LogP contribution in [0.15, 0.2) is 0 Å². The molecule has 1 heterocycles. The molecule has 0 unspecified atom stereocenters. The zero-order valence-corrected chi connectivity index (χ0v) is 7.52. The van der Waals surface area contributed by atoms with E-state index in [-0.39, 0.29) is 18.4 Å². The average Bonchev–Trinajstić information content (AvgIpc) is 1.99. The number of methoxy groups -OCH3 is 1. The molecule has 0 aliphatic carbocycles. The van der Waals surface area contributed by atoms with Crippen molar-refractivity contribution in [2.75, 3.05) is 26.7 Å². The third kappa shape index (κ3) is 3.02. The van der Waals surface area contributed by atoms with E-state index < -0.39 is 5.97 Å². The van der Waals surface area contributed by atoms with Gasteiger partial charge >= 0.3 is 11.9 Å². The van der Waals surface area contributed by atoms with Gasteiger partial charge in [0.1, 0.15) is 0 Å². The van der Waals surface area contributed by atoms with Crippen molar-refractivity contribution in [2.45, 2.75) is 6.42 Å². The fourth-order valence-corrected chi connectivity index (χ4v) is 1.45. The lowest BCUT2D eigenvalue weighted by Crippen LogP contribution is -2.49. The van der Waals surface area contributed by atoms with Crippen LogP contribution >= 0.6 is 0 Å². The Bertz CT molecular complexity index is 210. The van der Waals surface area contributed by atoms with Crippen LogP contribution in [0.3, 0.4) is 0 Å². The predicted molar refractivity (Wildman–Crippen MR) is 44.2 cm³/mol. The molecule has 0 amide bonds. The molecule has 1 aliphatic heterocycles. The van der Waals surface area contributed by atoms with Crippen LogP contribution in [0.4, 0.5) is 0 Å². The van der Waals surface area contributed by atoms with Crippen LogP contribution in [0.25, 0.3) is 0 Å². The summed E-state index contributed by atoms with van der Waals surface area (Å²) in [5.74, 6) is -0.775. The SMILES string of the molecule is COC(=O)CC1CN(CC(=O)O)C1. The number of aliphatic carboxylic acids is 1. The maximum absolute atomic E-state index is 10.8. The summed E-state index contributed by atoms with van der Waals surface area (Å²) < 4.78 is 4.50. The highest BCUT2D eigenvalue weighted by atomic mass is 16.5. The molecule has 1 fully saturated rings. The fraction of sp³-hybridized carbons (Fsp3) is 0.750. The van der Waals surface area contributed by atoms with Crippen molar-refractivity contribution in [3.63, 3.8) is 0 Å². The van der Waals surface area contributed by atoms with Crippen molar-refractivity contribution in [3.8, 4) is 0 Å². The summed E-state index contributed by atoms with van der Waals surface area (Å²) in [6.45, 7) is 1.43. The van der Waals surface area contributed by atoms with Crippen LogP contribution in [-0.4, -0.2) is 48.7 Å². The number of ether oxygens (including phenoxy) is 1. The summed E-state index contributed by atoms with van der Waals surface area (Å²) in [6, 6.07) is 0. The monoisotopic (exact) mass is 187 g/mol. The first-order chi connectivity index (χ1) is 6.11. The lowest BCUT2D eigenvalue weighted by atomic mass is 9.96. The molecular formula is C8H13NO4. The molecule has 0 spiro atoms. The molecule has 13 heavy (non-hydrogen) atoms. The minimum Gasteiger partial charge on any atom is -0.480 e. The van der Waals surface area contributed by atoms with E-state index in [0.717, 1.165) is 0 Å². The summed E-state index contributed by atoms with van der Waals surface area (Å²) in [6.07, 6.45) is 0.395. The van der Waals surface area contributed by atoms with E-state index in [9.17, 15) is 9.59 Å². The number of carboxylic acids is 1. The molecular weight excluding hydrogens is 174 g/mol. The third-order valence-electron chi connectivity index (χ3n) is 2.07. The van der Waals surface area contributed by atoms with Gasteiger partial charge in [0.05, 0.1) is 20.1 Å². The summed E-state index contributed by atoms with van der Waals surface area (Å²) in [4.78, 5) is 22.8. The first kappa shape index (κ1) is 9.98. The Labute approximate surface area is 76.3 Å². The van der Waals surface area contributed by atoms with Crippen LogP contribution in [0, 0.1) is 5.92 Å². The summed E-state index contributed by atoms with van der Waals surface area (Å²) in [5, 5.41) is 8.43. The van der Waals surface area contributed by atoms with Crippen molar-refractivity contribution in [3.05, 3.63) is 0 Å². The molecule has 5 nitrogen and oxygen atoms in total. The van der Waals surface area contributed by atoms with Crippen LogP contribution in [0.1, 0.15) is 6.42 Å². The number of esters is 1. The Morgan fingerprint density at radius 2 is 2.15 bits per heavy atom. The van der Waals surface area contributed by atoms with E-state index in [2.05, 4.69) is 4.74 Å². The van der Waals surface area contributed by atoms with Crippen molar-refractivity contribution in [2.24, 2.45) is 5.92 Å². The van der Waals surface area contributed by atoms with E-state index in [1.807, 2.05) is 0 Å². The van der Waals surface area contributed by atoms with Gasteiger partial charge in [-0.15, -0.1) is 0 Å².